The van der Waals surface area contributed by atoms with Crippen LogP contribution in [0.25, 0.3) is 0 Å². The summed E-state index contributed by atoms with van der Waals surface area (Å²) in [5.74, 6) is 0.803. The van der Waals surface area contributed by atoms with Gasteiger partial charge in [0.15, 0.2) is 0 Å². The topological polar surface area (TPSA) is 105 Å². The second-order valence-electron chi connectivity index (χ2n) is 9.31. The number of urea groups is 1. The summed E-state index contributed by atoms with van der Waals surface area (Å²) in [6, 6.07) is 5.79. The smallest absolute Gasteiger partial charge is 0.326 e. The van der Waals surface area contributed by atoms with Gasteiger partial charge in [-0.15, -0.1) is 5.10 Å². The summed E-state index contributed by atoms with van der Waals surface area (Å²) in [6.07, 6.45) is 10.4. The first-order valence-electron chi connectivity index (χ1n) is 12.5. The van der Waals surface area contributed by atoms with Gasteiger partial charge < -0.3 is 10.4 Å². The Balaban J connectivity index is 1.75. The number of hydrogen-bond acceptors (Lipinski definition) is 5. The predicted molar refractivity (Wildman–Crippen MR) is 134 cm³/mol. The zero-order chi connectivity index (χ0) is 24.1. The Morgan fingerprint density at radius 1 is 0.879 bits per heavy atom. The fraction of sp³-hybridized carbons (Fsp3) is 0.680. The van der Waals surface area contributed by atoms with E-state index in [0.29, 0.717) is 25.0 Å². The van der Waals surface area contributed by atoms with Crippen LogP contribution in [0.15, 0.2) is 18.2 Å². The van der Waals surface area contributed by atoms with Crippen molar-refractivity contribution in [3.8, 4) is 0 Å². The Bertz CT molecular complexity index is 808. The minimum absolute atomic E-state index is 0.212. The van der Waals surface area contributed by atoms with E-state index in [1.807, 2.05) is 6.07 Å². The van der Waals surface area contributed by atoms with E-state index < -0.39 is 0 Å². The molecular weight excluding hydrogens is 416 g/mol. The summed E-state index contributed by atoms with van der Waals surface area (Å²) in [6.45, 7) is 9.48. The number of tetrazole rings is 1. The average molecular weight is 459 g/mol. The molecule has 0 bridgehead atoms. The highest BCUT2D eigenvalue weighted by Gasteiger charge is 2.17. The van der Waals surface area contributed by atoms with E-state index in [0.717, 1.165) is 42.5 Å². The van der Waals surface area contributed by atoms with Crippen LogP contribution in [0, 0.1) is 0 Å². The zero-order valence-electron chi connectivity index (χ0n) is 20.8. The van der Waals surface area contributed by atoms with Crippen LogP contribution in [0.1, 0.15) is 108 Å². The van der Waals surface area contributed by atoms with Crippen molar-refractivity contribution < 1.29 is 9.90 Å². The maximum atomic E-state index is 12.6. The van der Waals surface area contributed by atoms with Gasteiger partial charge in [-0.05, 0) is 41.0 Å². The molecule has 0 fully saturated rings. The summed E-state index contributed by atoms with van der Waals surface area (Å²) in [5.41, 5.74) is 3.08. The predicted octanol–water partition coefficient (Wildman–Crippen LogP) is 6.07. The Hall–Kier alpha value is -2.48. The lowest BCUT2D eigenvalue weighted by molar-refractivity contribution is 0.262. The van der Waals surface area contributed by atoms with Gasteiger partial charge in [-0.1, -0.05) is 95.9 Å². The van der Waals surface area contributed by atoms with Crippen molar-refractivity contribution in [3.05, 3.63) is 29.3 Å². The average Bonchev–Trinajstić information content (AvgIpc) is 3.21. The first-order chi connectivity index (χ1) is 15.9. The van der Waals surface area contributed by atoms with Crippen molar-refractivity contribution in [2.24, 2.45) is 0 Å². The molecule has 33 heavy (non-hydrogen) atoms. The first kappa shape index (κ1) is 26.8. The van der Waals surface area contributed by atoms with Gasteiger partial charge in [0.2, 0.25) is 0 Å². The second kappa shape index (κ2) is 14.6. The molecule has 0 radical (unpaired) electrons. The highest BCUT2D eigenvalue weighted by Crippen LogP contribution is 2.32. The van der Waals surface area contributed by atoms with Crippen LogP contribution in [0.2, 0.25) is 0 Å². The van der Waals surface area contributed by atoms with Crippen LogP contribution in [0.4, 0.5) is 16.4 Å². The Labute approximate surface area is 198 Å². The number of aromatic nitrogens is 4. The zero-order valence-corrected chi connectivity index (χ0v) is 20.8. The minimum Gasteiger partial charge on any atom is -0.396 e. The molecule has 1 aromatic carbocycles. The van der Waals surface area contributed by atoms with E-state index in [1.54, 1.807) is 4.80 Å². The molecule has 0 atom stereocenters. The number of aryl methyl sites for hydroxylation is 1. The van der Waals surface area contributed by atoms with Gasteiger partial charge in [0.05, 0.1) is 6.54 Å². The number of nitrogens with one attached hydrogen (secondary N) is 2. The Kier molecular flexibility index (Phi) is 11.9. The van der Waals surface area contributed by atoms with Crippen molar-refractivity contribution in [2.45, 2.75) is 104 Å². The van der Waals surface area contributed by atoms with Gasteiger partial charge >= 0.3 is 6.03 Å². The normalized spacial score (nSPS) is 11.4. The Morgan fingerprint density at radius 2 is 1.42 bits per heavy atom. The molecule has 0 aliphatic rings. The summed E-state index contributed by atoms with van der Waals surface area (Å²) in [4.78, 5) is 14.2. The lowest BCUT2D eigenvalue weighted by atomic mass is 9.93. The van der Waals surface area contributed by atoms with Crippen molar-refractivity contribution in [1.82, 2.24) is 20.2 Å². The molecule has 2 rings (SSSR count). The van der Waals surface area contributed by atoms with Gasteiger partial charge in [-0.2, -0.15) is 4.80 Å². The van der Waals surface area contributed by atoms with Gasteiger partial charge in [0.25, 0.3) is 5.95 Å². The maximum Gasteiger partial charge on any atom is 0.326 e. The molecule has 0 aliphatic heterocycles. The molecular formula is C25H42N6O2. The highest BCUT2D eigenvalue weighted by atomic mass is 16.3. The van der Waals surface area contributed by atoms with Gasteiger partial charge in [-0.25, -0.2) is 4.79 Å². The number of anilines is 2. The van der Waals surface area contributed by atoms with E-state index in [-0.39, 0.29) is 12.0 Å². The fourth-order valence-corrected chi connectivity index (χ4v) is 3.93. The molecule has 0 spiro atoms. The number of benzene rings is 1. The van der Waals surface area contributed by atoms with E-state index in [2.05, 4.69) is 65.9 Å². The standard InChI is InChI=1S/C25H42N6O2/c1-19(2)21-15-14-16-22(20(3)4)23(21)26-25(33)27-24-28-30-31(29-24)17-12-10-8-6-5-7-9-11-13-18-32/h14-16,19-20,32H,5-13,17-18H2,1-4H3,(H2,26,27,29,33). The molecule has 2 aromatic rings. The number of nitrogens with zero attached hydrogens (tertiary/aromatic N) is 4. The highest BCUT2D eigenvalue weighted by molar-refractivity contribution is 5.99. The van der Waals surface area contributed by atoms with E-state index >= 15 is 0 Å². The quantitative estimate of drug-likeness (QED) is 0.281. The molecule has 3 N–H and O–H groups in total. The molecule has 0 saturated carbocycles. The number of amides is 2. The lowest BCUT2D eigenvalue weighted by Crippen LogP contribution is -2.22. The number of para-hydroxylation sites is 1. The van der Waals surface area contributed by atoms with Crippen molar-refractivity contribution >= 4 is 17.7 Å². The molecule has 0 unspecified atom stereocenters. The number of carbonyl (C=O) groups is 1. The molecule has 1 heterocycles. The van der Waals surface area contributed by atoms with Crippen molar-refractivity contribution in [3.63, 3.8) is 0 Å². The van der Waals surface area contributed by atoms with Crippen LogP contribution < -0.4 is 10.6 Å². The van der Waals surface area contributed by atoms with Crippen LogP contribution in [-0.2, 0) is 6.54 Å². The largest absolute Gasteiger partial charge is 0.396 e. The van der Waals surface area contributed by atoms with Gasteiger partial charge in [0, 0.05) is 12.3 Å². The van der Waals surface area contributed by atoms with Crippen LogP contribution in [0.5, 0.6) is 0 Å². The third-order valence-electron chi connectivity index (χ3n) is 5.81. The molecule has 0 aliphatic carbocycles. The second-order valence-corrected chi connectivity index (χ2v) is 9.31. The number of aliphatic hydroxyl groups excluding tert-OH is 1. The number of hydrogen-bond donors (Lipinski definition) is 3. The molecule has 1 aromatic heterocycles. The van der Waals surface area contributed by atoms with Crippen molar-refractivity contribution in [2.75, 3.05) is 17.2 Å². The number of aliphatic hydroxyl groups is 1. The van der Waals surface area contributed by atoms with Gasteiger partial charge in [-0.3, -0.25) is 5.32 Å². The first-order valence-corrected chi connectivity index (χ1v) is 12.5. The molecule has 184 valence electrons. The maximum absolute atomic E-state index is 12.6. The SMILES string of the molecule is CC(C)c1cccc(C(C)C)c1NC(=O)Nc1nnn(CCCCCCCCCCCO)n1. The van der Waals surface area contributed by atoms with Crippen LogP contribution >= 0.6 is 0 Å². The summed E-state index contributed by atoms with van der Waals surface area (Å²) in [7, 11) is 0. The number of rotatable bonds is 15. The number of unbranched alkanes of at least 4 members (excludes halogenated alkanes) is 8. The molecule has 8 heteroatoms. The molecule has 8 nitrogen and oxygen atoms in total. The van der Waals surface area contributed by atoms with Gasteiger partial charge in [0.1, 0.15) is 0 Å². The molecule has 2 amide bonds. The Morgan fingerprint density at radius 3 is 1.97 bits per heavy atom. The fourth-order valence-electron chi connectivity index (χ4n) is 3.93. The van der Waals surface area contributed by atoms with Crippen molar-refractivity contribution in [1.29, 1.82) is 0 Å². The summed E-state index contributed by atoms with van der Waals surface area (Å²) in [5, 5.41) is 26.8. The molecule has 0 saturated heterocycles. The van der Waals surface area contributed by atoms with E-state index in [9.17, 15) is 4.79 Å². The van der Waals surface area contributed by atoms with E-state index in [4.69, 9.17) is 5.11 Å². The summed E-state index contributed by atoms with van der Waals surface area (Å²) >= 11 is 0. The van der Waals surface area contributed by atoms with E-state index in [1.165, 1.54) is 32.1 Å². The minimum atomic E-state index is -0.358. The third-order valence-corrected chi connectivity index (χ3v) is 5.81. The monoisotopic (exact) mass is 458 g/mol. The van der Waals surface area contributed by atoms with Crippen LogP contribution in [-0.4, -0.2) is 38.0 Å². The summed E-state index contributed by atoms with van der Waals surface area (Å²) < 4.78 is 0. The lowest BCUT2D eigenvalue weighted by Gasteiger charge is -2.20. The number of carbonyl (C=O) groups excluding carboxylic acids is 1. The third kappa shape index (κ3) is 9.50. The van der Waals surface area contributed by atoms with Crippen LogP contribution in [0.3, 0.4) is 0 Å².